The maximum absolute atomic E-state index is 14.6. The summed E-state index contributed by atoms with van der Waals surface area (Å²) in [6, 6.07) is 16.7. The molecule has 10 rings (SSSR count). The van der Waals surface area contributed by atoms with E-state index in [9.17, 15) is 19.5 Å². The van der Waals surface area contributed by atoms with Gasteiger partial charge in [-0.05, 0) is 80.5 Å². The van der Waals surface area contributed by atoms with Gasteiger partial charge >= 0.3 is 0 Å². The summed E-state index contributed by atoms with van der Waals surface area (Å²) in [5.74, 6) is 1.02. The van der Waals surface area contributed by atoms with Crippen molar-refractivity contribution >= 4 is 57.7 Å². The van der Waals surface area contributed by atoms with Gasteiger partial charge in [-0.3, -0.25) is 28.6 Å². The number of hydrogen-bond donors (Lipinski definition) is 3. The smallest absolute Gasteiger partial charge is 0.248 e. The topological polar surface area (TPSA) is 195 Å². The van der Waals surface area contributed by atoms with Crippen LogP contribution in [-0.2, 0) is 14.4 Å². The van der Waals surface area contributed by atoms with Crippen molar-refractivity contribution in [2.24, 2.45) is 10.4 Å². The molecule has 73 heavy (non-hydrogen) atoms. The second kappa shape index (κ2) is 20.0. The third-order valence-corrected chi connectivity index (χ3v) is 16.5. The van der Waals surface area contributed by atoms with Crippen molar-refractivity contribution in [2.75, 3.05) is 6.54 Å². The zero-order valence-electron chi connectivity index (χ0n) is 42.0. The van der Waals surface area contributed by atoms with Crippen molar-refractivity contribution in [1.29, 1.82) is 0 Å². The van der Waals surface area contributed by atoms with E-state index in [1.54, 1.807) is 39.7 Å². The number of benzene rings is 2. The number of aliphatic imine (C=N–C) groups is 1. The van der Waals surface area contributed by atoms with E-state index < -0.39 is 29.6 Å². The van der Waals surface area contributed by atoms with Crippen molar-refractivity contribution in [2.45, 2.75) is 123 Å². The number of aryl methyl sites for hydroxylation is 3. The highest BCUT2D eigenvalue weighted by atomic mass is 35.5. The van der Waals surface area contributed by atoms with Crippen molar-refractivity contribution < 1.29 is 24.2 Å². The molecule has 7 heterocycles. The van der Waals surface area contributed by atoms with Gasteiger partial charge in [-0.15, -0.1) is 32.9 Å². The lowest BCUT2D eigenvalue weighted by atomic mass is 9.85. The number of carbonyl (C=O) groups excluding carboxylic acids is 3. The summed E-state index contributed by atoms with van der Waals surface area (Å²) < 4.78 is 10.0. The van der Waals surface area contributed by atoms with Crippen LogP contribution in [0.4, 0.5) is 0 Å². The molecule has 2 aliphatic heterocycles. The first-order valence-corrected chi connectivity index (χ1v) is 26.6. The summed E-state index contributed by atoms with van der Waals surface area (Å²) in [6.07, 6.45) is 5.61. The van der Waals surface area contributed by atoms with Crippen LogP contribution in [0.15, 0.2) is 89.8 Å². The molecular weight excluding hydrogens is 982 g/mol. The molecule has 2 fully saturated rings. The Morgan fingerprint density at radius 2 is 1.67 bits per heavy atom. The van der Waals surface area contributed by atoms with Crippen LogP contribution in [0.25, 0.3) is 26.6 Å². The van der Waals surface area contributed by atoms with Crippen LogP contribution in [0.1, 0.15) is 116 Å². The van der Waals surface area contributed by atoms with Gasteiger partial charge in [0.25, 0.3) is 0 Å². The van der Waals surface area contributed by atoms with E-state index in [1.807, 2.05) is 118 Å². The number of aromatic nitrogens is 7. The van der Waals surface area contributed by atoms with Crippen molar-refractivity contribution in [3.8, 4) is 32.4 Å². The molecule has 378 valence electrons. The number of halogens is 1. The molecule has 5 atom stereocenters. The predicted molar refractivity (Wildman–Crippen MR) is 282 cm³/mol. The number of aliphatic hydroxyl groups is 1. The Balaban J connectivity index is 0.772. The van der Waals surface area contributed by atoms with E-state index in [4.69, 9.17) is 26.4 Å². The van der Waals surface area contributed by atoms with Gasteiger partial charge in [-0.25, -0.2) is 9.97 Å². The van der Waals surface area contributed by atoms with E-state index >= 15 is 0 Å². The molecule has 1 saturated carbocycles. The monoisotopic (exact) mass is 1040 g/mol. The number of thiophene rings is 1. The lowest BCUT2D eigenvalue weighted by molar-refractivity contribution is -0.144. The molecule has 7 aromatic rings. The van der Waals surface area contributed by atoms with Gasteiger partial charge in [0.1, 0.15) is 35.1 Å². The molecule has 16 nitrogen and oxygen atoms in total. The molecule has 1 aliphatic carbocycles. The molecule has 0 radical (unpaired) electrons. The van der Waals surface area contributed by atoms with Gasteiger partial charge in [-0.2, -0.15) is 5.10 Å². The number of fused-ring (bicyclic) bond motifs is 3. The van der Waals surface area contributed by atoms with Crippen LogP contribution in [0.2, 0.25) is 5.02 Å². The van der Waals surface area contributed by atoms with Gasteiger partial charge in [-0.1, -0.05) is 68.8 Å². The van der Waals surface area contributed by atoms with Crippen LogP contribution in [0.3, 0.4) is 0 Å². The van der Waals surface area contributed by atoms with Gasteiger partial charge in [0, 0.05) is 76.9 Å². The van der Waals surface area contributed by atoms with E-state index in [2.05, 4.69) is 44.6 Å². The molecule has 3 aliphatic rings. The Bertz CT molecular complexity index is 3240. The average Bonchev–Trinajstić information content (AvgIpc) is 4.19. The minimum Gasteiger partial charge on any atom is -0.474 e. The van der Waals surface area contributed by atoms with Crippen LogP contribution in [0, 0.1) is 33.1 Å². The maximum atomic E-state index is 14.6. The molecule has 19 heteroatoms. The largest absolute Gasteiger partial charge is 0.474 e. The first kappa shape index (κ1) is 50.0. The van der Waals surface area contributed by atoms with Crippen LogP contribution < -0.4 is 15.4 Å². The second-order valence-electron chi connectivity index (χ2n) is 20.5. The van der Waals surface area contributed by atoms with E-state index in [1.165, 1.54) is 9.78 Å². The van der Waals surface area contributed by atoms with Crippen molar-refractivity contribution in [3.05, 3.63) is 134 Å². The third kappa shape index (κ3) is 10.1. The van der Waals surface area contributed by atoms with Gasteiger partial charge in [0.15, 0.2) is 5.82 Å². The summed E-state index contributed by atoms with van der Waals surface area (Å²) in [5, 5.41) is 32.4. The van der Waals surface area contributed by atoms with Gasteiger partial charge in [0.05, 0.1) is 46.6 Å². The number of thiazole rings is 1. The SMILES string of the molecule is Cc1ncsc1-c1ccc([C@H](C)NC(=O)[C@@H]2C[C@@H](O)CN2C(=O)C(n2cc(-c3ccnc(O[C@H]4C[C@H](NC(=O)C[C@@H]5N=C(c6ccc(Cl)cc6)c6c(sc(C)c6C)-n6c(C)nnc65)C4)c3)cn2)C(C)(C)C)cc1. The molecule has 1 unspecified atom stereocenters. The third-order valence-electron chi connectivity index (χ3n) is 14.1. The van der Waals surface area contributed by atoms with Crippen molar-refractivity contribution in [1.82, 2.24) is 50.0 Å². The summed E-state index contributed by atoms with van der Waals surface area (Å²) in [7, 11) is 0. The van der Waals surface area contributed by atoms with Crippen LogP contribution in [0.5, 0.6) is 5.88 Å². The van der Waals surface area contributed by atoms with Gasteiger partial charge in [0.2, 0.25) is 23.6 Å². The lowest BCUT2D eigenvalue weighted by Gasteiger charge is -2.35. The standard InChI is InChI=1S/C54H58ClN11O5S2/c1-28-31(4)73-53-46(28)47(34-13-15-38(55)16-14-34)61-42(50-63-62-32(5)66(50)53)23-44(68)60-39-20-41(21-39)71-45-19-36(17-18-56-45)37-24-58-65(25-37)49(54(6,7)8)52(70)64-26-40(67)22-43(64)51(69)59-29(2)33-9-11-35(12-10-33)48-30(3)57-27-72-48/h9-19,24-25,27,29,39-43,49,67H,20-23,26H2,1-8H3,(H,59,69)(H,60,68)/t29-,39-,40+,41-,42-,43-,49?/m0/s1. The number of ether oxygens (including phenoxy) is 1. The Morgan fingerprint density at radius 1 is 0.932 bits per heavy atom. The van der Waals surface area contributed by atoms with Gasteiger partial charge < -0.3 is 25.4 Å². The summed E-state index contributed by atoms with van der Waals surface area (Å²) in [6.45, 7) is 15.9. The Hall–Kier alpha value is -6.60. The highest BCUT2D eigenvalue weighted by Gasteiger charge is 2.45. The van der Waals surface area contributed by atoms with Crippen LogP contribution >= 0.6 is 34.3 Å². The fourth-order valence-corrected chi connectivity index (χ4v) is 12.2. The van der Waals surface area contributed by atoms with E-state index in [0.29, 0.717) is 29.6 Å². The predicted octanol–water partition coefficient (Wildman–Crippen LogP) is 9.03. The molecule has 3 amide bonds. The quantitative estimate of drug-likeness (QED) is 0.100. The van der Waals surface area contributed by atoms with E-state index in [0.717, 1.165) is 66.1 Å². The fourth-order valence-electron chi connectivity index (χ4n) is 10.1. The second-order valence-corrected chi connectivity index (χ2v) is 23.0. The maximum Gasteiger partial charge on any atom is 0.248 e. The molecule has 1 saturated heterocycles. The number of rotatable bonds is 13. The zero-order valence-corrected chi connectivity index (χ0v) is 44.3. The number of nitrogens with zero attached hydrogens (tertiary/aromatic N) is 9. The number of amides is 3. The Kier molecular flexibility index (Phi) is 13.7. The first-order chi connectivity index (χ1) is 34.9. The highest BCUT2D eigenvalue weighted by Crippen LogP contribution is 2.41. The number of nitrogens with one attached hydrogen (secondary N) is 2. The zero-order chi connectivity index (χ0) is 51.5. The number of β-amino-alcohol motifs (C(OH)–C–C–N with tert-alkyl or cyclic N) is 1. The lowest BCUT2D eigenvalue weighted by Crippen LogP contribution is -2.50. The highest BCUT2D eigenvalue weighted by molar-refractivity contribution is 7.15. The minimum absolute atomic E-state index is 0.0341. The Morgan fingerprint density at radius 3 is 2.38 bits per heavy atom. The summed E-state index contributed by atoms with van der Waals surface area (Å²) >= 11 is 9.54. The molecule has 3 N–H and O–H groups in total. The number of hydrogen-bond acceptors (Lipinski definition) is 13. The fraction of sp³-hybridized carbons (Fsp3) is 0.389. The molecule has 5 aromatic heterocycles. The number of likely N-dealkylation sites (tertiary alicyclic amines) is 1. The molecule has 0 spiro atoms. The molecule has 0 bridgehead atoms. The normalized spacial score (nSPS) is 20.3. The molecule has 2 aromatic carbocycles. The average molecular weight is 1040 g/mol. The first-order valence-electron chi connectivity index (χ1n) is 24.5. The van der Waals surface area contributed by atoms with E-state index in [-0.39, 0.29) is 55.3 Å². The molecular formula is C54H58ClN11O5S2. The van der Waals surface area contributed by atoms with Crippen molar-refractivity contribution in [3.63, 3.8) is 0 Å². The summed E-state index contributed by atoms with van der Waals surface area (Å²) in [5.41, 5.74) is 9.55. The van der Waals surface area contributed by atoms with Crippen LogP contribution in [-0.4, -0.2) is 98.8 Å². The number of pyridine rings is 1. The minimum atomic E-state index is -0.857. The number of aliphatic hydroxyl groups excluding tert-OH is 1. The Labute approximate surface area is 436 Å². The summed E-state index contributed by atoms with van der Waals surface area (Å²) in [4.78, 5) is 60.2. The number of carbonyl (C=O) groups is 3.